The minimum absolute atomic E-state index is 0.461. The lowest BCUT2D eigenvalue weighted by Crippen LogP contribution is -2.60. The second-order valence-corrected chi connectivity index (χ2v) is 7.91. The Balaban J connectivity index is 1.93. The van der Waals surface area contributed by atoms with Crippen molar-refractivity contribution >= 4 is 5.97 Å². The molecule has 0 bridgehead atoms. The minimum atomic E-state index is -0.558. The molecular weight excluding hydrogens is 262 g/mol. The van der Waals surface area contributed by atoms with Gasteiger partial charge in [0.1, 0.15) is 0 Å². The summed E-state index contributed by atoms with van der Waals surface area (Å²) in [6.45, 7) is 9.81. The quantitative estimate of drug-likeness (QED) is 0.766. The van der Waals surface area contributed by atoms with E-state index in [-0.39, 0.29) is 0 Å². The first-order chi connectivity index (χ1) is 9.95. The van der Waals surface area contributed by atoms with Crippen LogP contribution in [0.25, 0.3) is 0 Å². The van der Waals surface area contributed by atoms with Gasteiger partial charge in [0.2, 0.25) is 0 Å². The number of hydrogen-bond acceptors (Lipinski definition) is 2. The number of nitrogens with zero attached hydrogens (tertiary/aromatic N) is 1. The number of carbonyl (C=O) groups is 1. The molecule has 1 saturated heterocycles. The normalized spacial score (nSPS) is 32.6. The first kappa shape index (κ1) is 16.8. The molecule has 1 saturated carbocycles. The third-order valence-corrected chi connectivity index (χ3v) is 5.89. The molecule has 1 heterocycles. The molecule has 2 fully saturated rings. The monoisotopic (exact) mass is 295 g/mol. The molecule has 0 aromatic heterocycles. The smallest absolute Gasteiger partial charge is 0.310 e. The SMILES string of the molecule is CCCC1(CCC)CN(CC2(C(=O)O)CCC(C)CC2)C1. The Morgan fingerprint density at radius 1 is 1.14 bits per heavy atom. The van der Waals surface area contributed by atoms with Crippen LogP contribution in [0.3, 0.4) is 0 Å². The number of rotatable bonds is 7. The Kier molecular flexibility index (Phi) is 5.34. The molecule has 122 valence electrons. The molecule has 1 N–H and O–H groups in total. The van der Waals surface area contributed by atoms with Crippen LogP contribution in [0.1, 0.15) is 72.1 Å². The van der Waals surface area contributed by atoms with Crippen LogP contribution in [-0.4, -0.2) is 35.6 Å². The molecule has 2 aliphatic rings. The zero-order valence-corrected chi connectivity index (χ0v) is 14.2. The van der Waals surface area contributed by atoms with Crippen molar-refractivity contribution in [3.63, 3.8) is 0 Å². The van der Waals surface area contributed by atoms with Crippen molar-refractivity contribution < 1.29 is 9.90 Å². The van der Waals surface area contributed by atoms with Gasteiger partial charge in [0.15, 0.2) is 0 Å². The molecule has 0 unspecified atom stereocenters. The van der Waals surface area contributed by atoms with E-state index >= 15 is 0 Å². The minimum Gasteiger partial charge on any atom is -0.481 e. The van der Waals surface area contributed by atoms with Crippen LogP contribution < -0.4 is 0 Å². The van der Waals surface area contributed by atoms with Crippen molar-refractivity contribution in [2.75, 3.05) is 19.6 Å². The van der Waals surface area contributed by atoms with Crippen molar-refractivity contribution in [2.24, 2.45) is 16.7 Å². The molecule has 0 aromatic carbocycles. The van der Waals surface area contributed by atoms with Crippen molar-refractivity contribution in [2.45, 2.75) is 72.1 Å². The van der Waals surface area contributed by atoms with E-state index < -0.39 is 11.4 Å². The van der Waals surface area contributed by atoms with Crippen molar-refractivity contribution in [1.82, 2.24) is 4.90 Å². The fourth-order valence-electron chi connectivity index (χ4n) is 4.70. The summed E-state index contributed by atoms with van der Waals surface area (Å²) in [4.78, 5) is 14.3. The Bertz CT molecular complexity index is 344. The lowest BCUT2D eigenvalue weighted by Gasteiger charge is -2.53. The molecular formula is C18H33NO2. The zero-order chi connectivity index (χ0) is 15.5. The Morgan fingerprint density at radius 3 is 2.10 bits per heavy atom. The lowest BCUT2D eigenvalue weighted by molar-refractivity contribution is -0.156. The van der Waals surface area contributed by atoms with E-state index in [0.717, 1.165) is 45.3 Å². The van der Waals surface area contributed by atoms with Crippen LogP contribution in [0, 0.1) is 16.7 Å². The summed E-state index contributed by atoms with van der Waals surface area (Å²) in [5.41, 5.74) is 0.0300. The van der Waals surface area contributed by atoms with Crippen LogP contribution in [-0.2, 0) is 4.79 Å². The molecule has 0 aromatic rings. The van der Waals surface area contributed by atoms with Crippen molar-refractivity contribution in [3.8, 4) is 0 Å². The molecule has 1 aliphatic carbocycles. The second-order valence-electron chi connectivity index (χ2n) is 7.91. The highest BCUT2D eigenvalue weighted by atomic mass is 16.4. The number of carboxylic acids is 1. The first-order valence-electron chi connectivity index (χ1n) is 8.91. The van der Waals surface area contributed by atoms with E-state index in [2.05, 4.69) is 25.7 Å². The Morgan fingerprint density at radius 2 is 1.67 bits per heavy atom. The van der Waals surface area contributed by atoms with Gasteiger partial charge in [-0.05, 0) is 49.9 Å². The van der Waals surface area contributed by atoms with Gasteiger partial charge < -0.3 is 10.0 Å². The van der Waals surface area contributed by atoms with E-state index in [9.17, 15) is 9.90 Å². The maximum absolute atomic E-state index is 11.8. The average molecular weight is 295 g/mol. The van der Waals surface area contributed by atoms with Crippen molar-refractivity contribution in [3.05, 3.63) is 0 Å². The van der Waals surface area contributed by atoms with Gasteiger partial charge in [0, 0.05) is 19.6 Å². The van der Waals surface area contributed by atoms with E-state index in [4.69, 9.17) is 0 Å². The molecule has 0 spiro atoms. The van der Waals surface area contributed by atoms with E-state index in [1.165, 1.54) is 25.7 Å². The highest BCUT2D eigenvalue weighted by Crippen LogP contribution is 2.45. The summed E-state index contributed by atoms with van der Waals surface area (Å²) in [7, 11) is 0. The van der Waals surface area contributed by atoms with Gasteiger partial charge in [-0.3, -0.25) is 4.79 Å². The summed E-state index contributed by atoms with van der Waals surface area (Å²) < 4.78 is 0. The van der Waals surface area contributed by atoms with Crippen LogP contribution >= 0.6 is 0 Å². The summed E-state index contributed by atoms with van der Waals surface area (Å²) in [6, 6.07) is 0. The number of aliphatic carboxylic acids is 1. The van der Waals surface area contributed by atoms with Crippen LogP contribution in [0.5, 0.6) is 0 Å². The third-order valence-electron chi connectivity index (χ3n) is 5.89. The van der Waals surface area contributed by atoms with E-state index in [1.807, 2.05) is 0 Å². The van der Waals surface area contributed by atoms with Gasteiger partial charge in [-0.15, -0.1) is 0 Å². The number of hydrogen-bond donors (Lipinski definition) is 1. The van der Waals surface area contributed by atoms with Crippen LogP contribution in [0.15, 0.2) is 0 Å². The third kappa shape index (κ3) is 3.61. The summed E-state index contributed by atoms with van der Waals surface area (Å²) >= 11 is 0. The van der Waals surface area contributed by atoms with Crippen LogP contribution in [0.4, 0.5) is 0 Å². The summed E-state index contributed by atoms with van der Waals surface area (Å²) in [5, 5.41) is 9.75. The Hall–Kier alpha value is -0.570. The van der Waals surface area contributed by atoms with Gasteiger partial charge in [0.25, 0.3) is 0 Å². The predicted molar refractivity (Wildman–Crippen MR) is 86.4 cm³/mol. The van der Waals surface area contributed by atoms with Gasteiger partial charge in [-0.2, -0.15) is 0 Å². The molecule has 2 rings (SSSR count). The topological polar surface area (TPSA) is 40.5 Å². The van der Waals surface area contributed by atoms with E-state index in [0.29, 0.717) is 11.3 Å². The highest BCUT2D eigenvalue weighted by molar-refractivity contribution is 5.75. The van der Waals surface area contributed by atoms with Crippen LogP contribution in [0.2, 0.25) is 0 Å². The molecule has 21 heavy (non-hydrogen) atoms. The number of carboxylic acid groups (broad SMARTS) is 1. The molecule has 0 radical (unpaired) electrons. The van der Waals surface area contributed by atoms with Gasteiger partial charge in [0.05, 0.1) is 5.41 Å². The lowest BCUT2D eigenvalue weighted by atomic mass is 9.67. The number of likely N-dealkylation sites (tertiary alicyclic amines) is 1. The first-order valence-corrected chi connectivity index (χ1v) is 8.91. The fourth-order valence-corrected chi connectivity index (χ4v) is 4.70. The van der Waals surface area contributed by atoms with Crippen molar-refractivity contribution in [1.29, 1.82) is 0 Å². The highest BCUT2D eigenvalue weighted by Gasteiger charge is 2.48. The Labute approximate surface area is 130 Å². The van der Waals surface area contributed by atoms with Gasteiger partial charge >= 0.3 is 5.97 Å². The molecule has 3 heteroatoms. The van der Waals surface area contributed by atoms with E-state index in [1.54, 1.807) is 0 Å². The second kappa shape index (κ2) is 6.68. The predicted octanol–water partition coefficient (Wildman–Crippen LogP) is 4.17. The maximum atomic E-state index is 11.8. The molecule has 3 nitrogen and oxygen atoms in total. The largest absolute Gasteiger partial charge is 0.481 e. The fraction of sp³-hybridized carbons (Fsp3) is 0.944. The maximum Gasteiger partial charge on any atom is 0.310 e. The molecule has 0 atom stereocenters. The zero-order valence-electron chi connectivity index (χ0n) is 14.2. The molecule has 1 aliphatic heterocycles. The summed E-state index contributed by atoms with van der Waals surface area (Å²) in [6.07, 6.45) is 8.99. The average Bonchev–Trinajstić information content (AvgIpc) is 2.40. The summed E-state index contributed by atoms with van der Waals surface area (Å²) in [5.74, 6) is 0.144. The van der Waals surface area contributed by atoms with Gasteiger partial charge in [-0.1, -0.05) is 33.6 Å². The standard InChI is InChI=1S/C18H33NO2/c1-4-8-17(9-5-2)12-19(13-17)14-18(16(20)21)10-6-15(3)7-11-18/h15H,4-14H2,1-3H3,(H,20,21). The van der Waals surface area contributed by atoms with Gasteiger partial charge in [-0.25, -0.2) is 0 Å². The molecule has 0 amide bonds.